The molecule has 0 unspecified atom stereocenters. The van der Waals surface area contributed by atoms with Crippen molar-refractivity contribution in [3.05, 3.63) is 88.8 Å². The summed E-state index contributed by atoms with van der Waals surface area (Å²) in [6.45, 7) is 2.96. The van der Waals surface area contributed by atoms with E-state index in [1.165, 1.54) is 44.8 Å². The molecular weight excluding hydrogens is 550 g/mol. The van der Waals surface area contributed by atoms with Gasteiger partial charge in [0.15, 0.2) is 5.82 Å². The normalized spacial score (nSPS) is 14.8. The Morgan fingerprint density at radius 3 is 2.70 bits per heavy atom. The third kappa shape index (κ3) is 6.29. The van der Waals surface area contributed by atoms with Gasteiger partial charge >= 0.3 is 0 Å². The van der Waals surface area contributed by atoms with Crippen LogP contribution < -0.4 is 5.32 Å². The number of fused-ring (bicyclic) bond motifs is 3. The quantitative estimate of drug-likeness (QED) is 0.297. The molecule has 1 N–H and O–H groups in total. The van der Waals surface area contributed by atoms with Gasteiger partial charge in [0.05, 0.1) is 17.6 Å². The van der Waals surface area contributed by atoms with Crippen LogP contribution in [0.5, 0.6) is 0 Å². The molecule has 3 aromatic heterocycles. The molecule has 0 atom stereocenters. The first-order chi connectivity index (χ1) is 21.2. The number of aliphatic imine (C=N–C) groups is 1. The summed E-state index contributed by atoms with van der Waals surface area (Å²) in [6, 6.07) is 10.7. The fourth-order valence-corrected chi connectivity index (χ4v) is 6.13. The lowest BCUT2D eigenvalue weighted by Crippen LogP contribution is -2.21. The third-order valence-corrected chi connectivity index (χ3v) is 8.51. The van der Waals surface area contributed by atoms with Crippen molar-refractivity contribution >= 4 is 23.1 Å². The molecular formula is C34H41N9O. The number of allylic oxidation sites excluding steroid dienone is 3. The van der Waals surface area contributed by atoms with E-state index in [4.69, 9.17) is 10.1 Å². The molecule has 0 spiro atoms. The molecule has 1 aromatic carbocycles. The fraction of sp³-hybridized carbons (Fsp3) is 0.382. The van der Waals surface area contributed by atoms with Gasteiger partial charge in [-0.15, -0.1) is 0 Å². The molecule has 44 heavy (non-hydrogen) atoms. The molecule has 1 amide bonds. The number of carbonyl (C=O) groups is 1. The Kier molecular flexibility index (Phi) is 8.32. The number of carbonyl (C=O) groups excluding carboxylic acids is 1. The number of nitrogens with one attached hydrogen (secondary N) is 1. The molecule has 1 aliphatic heterocycles. The Morgan fingerprint density at radius 1 is 1.05 bits per heavy atom. The van der Waals surface area contributed by atoms with E-state index in [1.54, 1.807) is 19.0 Å². The van der Waals surface area contributed by atoms with Crippen molar-refractivity contribution in [1.29, 1.82) is 0 Å². The van der Waals surface area contributed by atoms with Crippen LogP contribution in [0.4, 0.5) is 5.82 Å². The fourth-order valence-electron chi connectivity index (χ4n) is 6.13. The molecule has 10 heteroatoms. The van der Waals surface area contributed by atoms with E-state index in [0.717, 1.165) is 55.7 Å². The van der Waals surface area contributed by atoms with Crippen molar-refractivity contribution < 1.29 is 4.79 Å². The van der Waals surface area contributed by atoms with Gasteiger partial charge in [0.25, 0.3) is 0 Å². The summed E-state index contributed by atoms with van der Waals surface area (Å²) in [5, 5.41) is 17.4. The number of amides is 1. The lowest BCUT2D eigenvalue weighted by atomic mass is 9.81. The number of aryl methyl sites for hydroxylation is 4. The summed E-state index contributed by atoms with van der Waals surface area (Å²) in [6.07, 6.45) is 13.6. The molecule has 0 saturated heterocycles. The zero-order valence-corrected chi connectivity index (χ0v) is 26.3. The van der Waals surface area contributed by atoms with Gasteiger partial charge in [-0.25, -0.2) is 4.99 Å². The molecule has 6 rings (SSSR count). The maximum absolute atomic E-state index is 11.9. The highest BCUT2D eigenvalue weighted by atomic mass is 16.2. The number of rotatable bonds is 8. The molecule has 0 saturated carbocycles. The van der Waals surface area contributed by atoms with E-state index >= 15 is 0 Å². The molecule has 4 aromatic rings. The van der Waals surface area contributed by atoms with E-state index in [-0.39, 0.29) is 5.91 Å². The van der Waals surface area contributed by atoms with E-state index < -0.39 is 0 Å². The number of amidine groups is 1. The smallest absolute Gasteiger partial charge is 0.222 e. The van der Waals surface area contributed by atoms with Crippen LogP contribution in [0.15, 0.2) is 71.3 Å². The predicted molar refractivity (Wildman–Crippen MR) is 174 cm³/mol. The molecule has 228 valence electrons. The van der Waals surface area contributed by atoms with E-state index in [2.05, 4.69) is 64.6 Å². The molecule has 2 aliphatic rings. The second-order valence-electron chi connectivity index (χ2n) is 12.0. The van der Waals surface area contributed by atoms with Crippen molar-refractivity contribution in [3.63, 3.8) is 0 Å². The first-order valence-electron chi connectivity index (χ1n) is 15.3. The molecule has 10 nitrogen and oxygen atoms in total. The van der Waals surface area contributed by atoms with E-state index in [9.17, 15) is 4.79 Å². The molecule has 1 aliphatic carbocycles. The first kappa shape index (κ1) is 29.3. The molecule has 4 heterocycles. The van der Waals surface area contributed by atoms with E-state index in [0.29, 0.717) is 13.0 Å². The zero-order chi connectivity index (χ0) is 30.8. The maximum Gasteiger partial charge on any atom is 0.222 e. The van der Waals surface area contributed by atoms with Gasteiger partial charge < -0.3 is 10.2 Å². The minimum absolute atomic E-state index is 0.137. The summed E-state index contributed by atoms with van der Waals surface area (Å²) in [5.41, 5.74) is 11.2. The van der Waals surface area contributed by atoms with Crippen LogP contribution in [0.3, 0.4) is 0 Å². The van der Waals surface area contributed by atoms with Crippen molar-refractivity contribution in [3.8, 4) is 11.1 Å². The number of nitrogens with zero attached hydrogens (tertiary/aromatic N) is 8. The Bertz CT molecular complexity index is 1780. The van der Waals surface area contributed by atoms with Crippen molar-refractivity contribution in [2.45, 2.75) is 58.4 Å². The highest BCUT2D eigenvalue weighted by molar-refractivity contribution is 5.96. The van der Waals surface area contributed by atoms with Crippen LogP contribution in [0.2, 0.25) is 0 Å². The van der Waals surface area contributed by atoms with Crippen LogP contribution in [0.25, 0.3) is 16.7 Å². The monoisotopic (exact) mass is 591 g/mol. The van der Waals surface area contributed by atoms with Gasteiger partial charge in [0.1, 0.15) is 5.84 Å². The average molecular weight is 592 g/mol. The lowest BCUT2D eigenvalue weighted by Gasteiger charge is -2.24. The standard InChI is InChI=1S/C34H41N9O/c1-23-11-14-30(37-31-15-17-43(39-31)16-7-10-32(44)40(2)3)35-20-26-12-13-28-34(33(23)26)29(42(5)38-28)19-24-8-6-9-25(18-24)27-21-36-41(4)22-27/h6,8-9,15,17-18,20-22H,7,10-14,16,19H2,1-5H3,(H,35,37,39). The average Bonchev–Trinajstić information content (AvgIpc) is 3.72. The van der Waals surface area contributed by atoms with Crippen LogP contribution >= 0.6 is 0 Å². The van der Waals surface area contributed by atoms with Gasteiger partial charge in [-0.1, -0.05) is 29.8 Å². The minimum Gasteiger partial charge on any atom is -0.349 e. The predicted octanol–water partition coefficient (Wildman–Crippen LogP) is 5.38. The van der Waals surface area contributed by atoms with E-state index in [1.807, 2.05) is 41.1 Å². The summed E-state index contributed by atoms with van der Waals surface area (Å²) >= 11 is 0. The number of aromatic nitrogens is 6. The topological polar surface area (TPSA) is 98.2 Å². The molecule has 0 radical (unpaired) electrons. The largest absolute Gasteiger partial charge is 0.349 e. The molecule has 0 bridgehead atoms. The number of hydrogen-bond donors (Lipinski definition) is 1. The Labute approximate surface area is 258 Å². The zero-order valence-electron chi connectivity index (χ0n) is 26.3. The minimum atomic E-state index is 0.137. The van der Waals surface area contributed by atoms with Crippen LogP contribution in [-0.2, 0) is 38.3 Å². The van der Waals surface area contributed by atoms with Crippen molar-refractivity contribution in [2.24, 2.45) is 19.1 Å². The lowest BCUT2D eigenvalue weighted by molar-refractivity contribution is -0.128. The number of benzene rings is 1. The summed E-state index contributed by atoms with van der Waals surface area (Å²) in [7, 11) is 7.59. The summed E-state index contributed by atoms with van der Waals surface area (Å²) < 4.78 is 5.80. The summed E-state index contributed by atoms with van der Waals surface area (Å²) in [4.78, 5) is 18.4. The highest BCUT2D eigenvalue weighted by Gasteiger charge is 2.28. The van der Waals surface area contributed by atoms with Crippen LogP contribution in [0, 0.1) is 0 Å². The van der Waals surface area contributed by atoms with Crippen molar-refractivity contribution in [1.82, 2.24) is 34.2 Å². The Balaban J connectivity index is 1.20. The number of hydrogen-bond acceptors (Lipinski definition) is 6. The van der Waals surface area contributed by atoms with Gasteiger partial charge in [-0.05, 0) is 54.9 Å². The van der Waals surface area contributed by atoms with Gasteiger partial charge in [0.2, 0.25) is 5.91 Å². The number of anilines is 1. The summed E-state index contributed by atoms with van der Waals surface area (Å²) in [5.74, 6) is 1.82. The Morgan fingerprint density at radius 2 is 1.91 bits per heavy atom. The second kappa shape index (κ2) is 12.5. The maximum atomic E-state index is 11.9. The van der Waals surface area contributed by atoms with Gasteiger partial charge in [0, 0.05) is 89.8 Å². The van der Waals surface area contributed by atoms with Gasteiger partial charge in [-0.2, -0.15) is 15.3 Å². The molecule has 0 fully saturated rings. The van der Waals surface area contributed by atoms with Crippen LogP contribution in [-0.4, -0.2) is 60.1 Å². The van der Waals surface area contributed by atoms with Crippen LogP contribution in [0.1, 0.15) is 61.5 Å². The Hall–Kier alpha value is -4.73. The first-order valence-corrected chi connectivity index (χ1v) is 15.3. The highest BCUT2D eigenvalue weighted by Crippen LogP contribution is 2.41. The SMILES string of the molecule is CC1=C2C(=CN=C(Nc3ccn(CCCC(=O)N(C)C)n3)CC1)CCc1nn(C)c(Cc3cccc(-c4cnn(C)c4)c3)c12. The van der Waals surface area contributed by atoms with Crippen molar-refractivity contribution in [2.75, 3.05) is 19.4 Å². The second-order valence-corrected chi connectivity index (χ2v) is 12.0. The third-order valence-electron chi connectivity index (χ3n) is 8.51. The van der Waals surface area contributed by atoms with Gasteiger partial charge in [-0.3, -0.25) is 18.8 Å².